The molecule has 1 N–H and O–H groups in total. The van der Waals surface area contributed by atoms with Crippen LogP contribution in [0.15, 0.2) is 6.20 Å². The zero-order chi connectivity index (χ0) is 13.1. The minimum Gasteiger partial charge on any atom is -0.356 e. The molecule has 0 fully saturated rings. The van der Waals surface area contributed by atoms with Gasteiger partial charge in [-0.05, 0) is 6.42 Å². The molecular weight excluding hydrogens is 246 g/mol. The van der Waals surface area contributed by atoms with Crippen LogP contribution in [-0.2, 0) is 20.0 Å². The number of nitrogens with one attached hydrogen (secondary N) is 1. The van der Waals surface area contributed by atoms with Gasteiger partial charge in [-0.3, -0.25) is 4.68 Å². The topological polar surface area (TPSA) is 55.6 Å². The smallest absolute Gasteiger partial charge is 0.205 e. The van der Waals surface area contributed by atoms with Crippen molar-refractivity contribution in [2.75, 3.05) is 5.32 Å². The number of aryl methyl sites for hydroxylation is 2. The molecule has 0 amide bonds. The van der Waals surface area contributed by atoms with Crippen molar-refractivity contribution >= 4 is 16.5 Å². The van der Waals surface area contributed by atoms with Gasteiger partial charge in [0.15, 0.2) is 0 Å². The fraction of sp³-hybridized carbons (Fsp3) is 0.583. The van der Waals surface area contributed by atoms with Crippen LogP contribution in [0, 0.1) is 0 Å². The molecule has 18 heavy (non-hydrogen) atoms. The maximum absolute atomic E-state index is 4.42. The highest BCUT2D eigenvalue weighted by Crippen LogP contribution is 2.23. The number of nitrogens with zero attached hydrogens (tertiary/aromatic N) is 4. The van der Waals surface area contributed by atoms with E-state index in [1.54, 1.807) is 11.3 Å². The largest absolute Gasteiger partial charge is 0.356 e. The highest BCUT2D eigenvalue weighted by atomic mass is 32.1. The molecule has 6 heteroatoms. The Balaban J connectivity index is 2.01. The molecule has 0 spiro atoms. The Labute approximate surface area is 111 Å². The Morgan fingerprint density at radius 2 is 2.17 bits per heavy atom. The van der Waals surface area contributed by atoms with Crippen LogP contribution in [0.1, 0.15) is 43.0 Å². The Morgan fingerprint density at radius 3 is 2.78 bits per heavy atom. The molecule has 0 aromatic carbocycles. The van der Waals surface area contributed by atoms with E-state index in [0.717, 1.165) is 28.8 Å². The van der Waals surface area contributed by atoms with Crippen molar-refractivity contribution in [3.8, 4) is 0 Å². The molecule has 0 bridgehead atoms. The molecule has 0 unspecified atom stereocenters. The molecule has 2 heterocycles. The van der Waals surface area contributed by atoms with Gasteiger partial charge in [0.1, 0.15) is 5.01 Å². The van der Waals surface area contributed by atoms with Gasteiger partial charge in [-0.1, -0.05) is 32.1 Å². The van der Waals surface area contributed by atoms with Crippen LogP contribution in [-0.4, -0.2) is 20.0 Å². The van der Waals surface area contributed by atoms with E-state index in [-0.39, 0.29) is 0 Å². The molecule has 2 aromatic heterocycles. The van der Waals surface area contributed by atoms with E-state index in [9.17, 15) is 0 Å². The Morgan fingerprint density at radius 1 is 1.39 bits per heavy atom. The van der Waals surface area contributed by atoms with Crippen molar-refractivity contribution in [3.05, 3.63) is 22.5 Å². The molecule has 0 aliphatic heterocycles. The van der Waals surface area contributed by atoms with E-state index >= 15 is 0 Å². The van der Waals surface area contributed by atoms with E-state index in [4.69, 9.17) is 0 Å². The number of anilines is 1. The second-order valence-corrected chi connectivity index (χ2v) is 5.59. The fourth-order valence-corrected chi connectivity index (χ4v) is 2.48. The molecule has 0 saturated heterocycles. The van der Waals surface area contributed by atoms with Crippen molar-refractivity contribution < 1.29 is 0 Å². The minimum atomic E-state index is 0.433. The van der Waals surface area contributed by atoms with Crippen molar-refractivity contribution in [1.29, 1.82) is 0 Å². The normalized spacial score (nSPS) is 11.2. The van der Waals surface area contributed by atoms with Gasteiger partial charge in [0.25, 0.3) is 0 Å². The van der Waals surface area contributed by atoms with E-state index in [0.29, 0.717) is 5.92 Å². The van der Waals surface area contributed by atoms with Crippen LogP contribution >= 0.6 is 11.3 Å². The summed E-state index contributed by atoms with van der Waals surface area (Å²) in [7, 11) is 1.95. The van der Waals surface area contributed by atoms with Crippen molar-refractivity contribution in [3.63, 3.8) is 0 Å². The van der Waals surface area contributed by atoms with Gasteiger partial charge in [-0.25, -0.2) is 0 Å². The third-order valence-corrected chi connectivity index (χ3v) is 3.87. The zero-order valence-electron chi connectivity index (χ0n) is 11.3. The molecule has 0 radical (unpaired) electrons. The summed E-state index contributed by atoms with van der Waals surface area (Å²) in [6.45, 7) is 7.12. The van der Waals surface area contributed by atoms with Gasteiger partial charge in [-0.2, -0.15) is 5.10 Å². The van der Waals surface area contributed by atoms with Crippen LogP contribution < -0.4 is 5.32 Å². The number of rotatable bonds is 5. The van der Waals surface area contributed by atoms with Crippen molar-refractivity contribution in [2.24, 2.45) is 7.05 Å². The maximum Gasteiger partial charge on any atom is 0.205 e. The summed E-state index contributed by atoms with van der Waals surface area (Å²) in [5, 5.41) is 18.0. The van der Waals surface area contributed by atoms with E-state index in [1.165, 1.54) is 5.56 Å². The van der Waals surface area contributed by atoms with Crippen LogP contribution in [0.25, 0.3) is 0 Å². The summed E-state index contributed by atoms with van der Waals surface area (Å²) in [6.07, 6.45) is 3.00. The number of hydrogen-bond donors (Lipinski definition) is 1. The lowest BCUT2D eigenvalue weighted by Gasteiger charge is -2.01. The minimum absolute atomic E-state index is 0.433. The first kappa shape index (κ1) is 13.0. The quantitative estimate of drug-likeness (QED) is 0.902. The average molecular weight is 265 g/mol. The summed E-state index contributed by atoms with van der Waals surface area (Å²) in [4.78, 5) is 0. The summed E-state index contributed by atoms with van der Waals surface area (Å²) in [5.41, 5.74) is 2.36. The lowest BCUT2D eigenvalue weighted by molar-refractivity contribution is 0.746. The summed E-state index contributed by atoms with van der Waals surface area (Å²) < 4.78 is 1.86. The van der Waals surface area contributed by atoms with E-state index in [2.05, 4.69) is 47.6 Å². The third kappa shape index (κ3) is 2.87. The Bertz CT molecular complexity index is 514. The highest BCUT2D eigenvalue weighted by Gasteiger charge is 2.09. The SMILES string of the molecule is CCc1nn(C)cc1CNc1nnc(C(C)C)s1. The first-order chi connectivity index (χ1) is 8.60. The summed E-state index contributed by atoms with van der Waals surface area (Å²) >= 11 is 1.62. The monoisotopic (exact) mass is 265 g/mol. The van der Waals surface area contributed by atoms with Gasteiger partial charge < -0.3 is 5.32 Å². The number of aromatic nitrogens is 4. The van der Waals surface area contributed by atoms with Crippen molar-refractivity contribution in [1.82, 2.24) is 20.0 Å². The molecule has 0 aliphatic rings. The lowest BCUT2D eigenvalue weighted by Crippen LogP contribution is -2.00. The van der Waals surface area contributed by atoms with E-state index in [1.807, 2.05) is 11.7 Å². The highest BCUT2D eigenvalue weighted by molar-refractivity contribution is 7.15. The van der Waals surface area contributed by atoms with Crippen LogP contribution in [0.2, 0.25) is 0 Å². The number of hydrogen-bond acceptors (Lipinski definition) is 5. The molecule has 2 rings (SSSR count). The fourth-order valence-electron chi connectivity index (χ4n) is 1.74. The Kier molecular flexibility index (Phi) is 3.96. The zero-order valence-corrected chi connectivity index (χ0v) is 12.1. The maximum atomic E-state index is 4.42. The third-order valence-electron chi connectivity index (χ3n) is 2.69. The van der Waals surface area contributed by atoms with Crippen LogP contribution in [0.4, 0.5) is 5.13 Å². The lowest BCUT2D eigenvalue weighted by atomic mass is 10.2. The predicted octanol–water partition coefficient (Wildman–Crippen LogP) is 2.57. The molecular formula is C12H19N5S. The van der Waals surface area contributed by atoms with Gasteiger partial charge in [-0.15, -0.1) is 10.2 Å². The van der Waals surface area contributed by atoms with Crippen LogP contribution in [0.5, 0.6) is 0 Å². The summed E-state index contributed by atoms with van der Waals surface area (Å²) in [5.74, 6) is 0.433. The predicted molar refractivity (Wildman–Crippen MR) is 73.9 cm³/mol. The standard InChI is InChI=1S/C12H19N5S/c1-5-10-9(7-17(4)16-10)6-13-12-15-14-11(18-12)8(2)3/h7-8H,5-6H2,1-4H3,(H,13,15). The van der Waals surface area contributed by atoms with Crippen LogP contribution in [0.3, 0.4) is 0 Å². The van der Waals surface area contributed by atoms with Gasteiger partial charge in [0.05, 0.1) is 5.69 Å². The van der Waals surface area contributed by atoms with Gasteiger partial charge in [0, 0.05) is 31.3 Å². The molecule has 0 atom stereocenters. The molecule has 2 aromatic rings. The Hall–Kier alpha value is -1.43. The molecule has 98 valence electrons. The summed E-state index contributed by atoms with van der Waals surface area (Å²) in [6, 6.07) is 0. The molecule has 0 saturated carbocycles. The van der Waals surface area contributed by atoms with Crippen molar-refractivity contribution in [2.45, 2.75) is 39.7 Å². The van der Waals surface area contributed by atoms with Gasteiger partial charge in [0.2, 0.25) is 5.13 Å². The second-order valence-electron chi connectivity index (χ2n) is 4.58. The average Bonchev–Trinajstić information content (AvgIpc) is 2.92. The first-order valence-corrected chi connectivity index (χ1v) is 7.00. The molecule has 5 nitrogen and oxygen atoms in total. The van der Waals surface area contributed by atoms with Gasteiger partial charge >= 0.3 is 0 Å². The second kappa shape index (κ2) is 5.48. The first-order valence-electron chi connectivity index (χ1n) is 6.18. The molecule has 0 aliphatic carbocycles. The van der Waals surface area contributed by atoms with E-state index < -0.39 is 0 Å².